The van der Waals surface area contributed by atoms with Crippen molar-refractivity contribution in [2.75, 3.05) is 19.6 Å². The molecule has 1 unspecified atom stereocenters. The lowest BCUT2D eigenvalue weighted by atomic mass is 10.1. The topological polar surface area (TPSA) is 91.0 Å². The first-order chi connectivity index (χ1) is 8.19. The lowest BCUT2D eigenvalue weighted by Crippen LogP contribution is -2.47. The SMILES string of the molecule is CCC(NCC(=O)N1CCCCC1)C(N)=NO. The van der Waals surface area contributed by atoms with Gasteiger partial charge in [0.05, 0.1) is 12.6 Å². The number of hydrogen-bond acceptors (Lipinski definition) is 4. The molecule has 1 amide bonds. The maximum absolute atomic E-state index is 11.8. The van der Waals surface area contributed by atoms with E-state index in [2.05, 4.69) is 10.5 Å². The summed E-state index contributed by atoms with van der Waals surface area (Å²) in [6.45, 7) is 3.86. The van der Waals surface area contributed by atoms with Crippen molar-refractivity contribution in [1.82, 2.24) is 10.2 Å². The van der Waals surface area contributed by atoms with Crippen LogP contribution in [-0.4, -0.2) is 47.5 Å². The molecule has 6 heteroatoms. The molecular formula is C11H22N4O2. The number of nitrogens with two attached hydrogens (primary N) is 1. The van der Waals surface area contributed by atoms with E-state index >= 15 is 0 Å². The van der Waals surface area contributed by atoms with Gasteiger partial charge in [-0.15, -0.1) is 0 Å². The molecular weight excluding hydrogens is 220 g/mol. The second kappa shape index (κ2) is 7.11. The molecule has 0 saturated carbocycles. The maximum atomic E-state index is 11.8. The maximum Gasteiger partial charge on any atom is 0.236 e. The van der Waals surface area contributed by atoms with Crippen LogP contribution in [0.1, 0.15) is 32.6 Å². The van der Waals surface area contributed by atoms with Gasteiger partial charge in [-0.3, -0.25) is 10.1 Å². The summed E-state index contributed by atoms with van der Waals surface area (Å²) < 4.78 is 0. The number of hydrogen-bond donors (Lipinski definition) is 3. The van der Waals surface area contributed by atoms with Gasteiger partial charge in [0.25, 0.3) is 0 Å². The van der Waals surface area contributed by atoms with E-state index in [4.69, 9.17) is 10.9 Å². The van der Waals surface area contributed by atoms with E-state index in [1.807, 2.05) is 11.8 Å². The second-order valence-electron chi connectivity index (χ2n) is 4.31. The third-order valence-electron chi connectivity index (χ3n) is 3.09. The van der Waals surface area contributed by atoms with Gasteiger partial charge >= 0.3 is 0 Å². The Balaban J connectivity index is 2.35. The molecule has 0 aromatic heterocycles. The van der Waals surface area contributed by atoms with Crippen LogP contribution in [0.15, 0.2) is 5.16 Å². The molecule has 1 saturated heterocycles. The van der Waals surface area contributed by atoms with Gasteiger partial charge in [0, 0.05) is 13.1 Å². The highest BCUT2D eigenvalue weighted by Gasteiger charge is 2.18. The van der Waals surface area contributed by atoms with E-state index < -0.39 is 0 Å². The molecule has 4 N–H and O–H groups in total. The van der Waals surface area contributed by atoms with Crippen LogP contribution in [0.25, 0.3) is 0 Å². The first-order valence-electron chi connectivity index (χ1n) is 6.17. The molecule has 0 radical (unpaired) electrons. The molecule has 1 heterocycles. The summed E-state index contributed by atoms with van der Waals surface area (Å²) in [4.78, 5) is 13.7. The van der Waals surface area contributed by atoms with Gasteiger partial charge in [0.2, 0.25) is 5.91 Å². The minimum Gasteiger partial charge on any atom is -0.409 e. The van der Waals surface area contributed by atoms with Gasteiger partial charge in [0.1, 0.15) is 0 Å². The van der Waals surface area contributed by atoms with Crippen LogP contribution >= 0.6 is 0 Å². The fourth-order valence-corrected chi connectivity index (χ4v) is 1.99. The van der Waals surface area contributed by atoms with Gasteiger partial charge in [-0.05, 0) is 25.7 Å². The molecule has 1 aliphatic heterocycles. The normalized spacial score (nSPS) is 19.1. The van der Waals surface area contributed by atoms with Crippen molar-refractivity contribution in [2.45, 2.75) is 38.6 Å². The minimum atomic E-state index is -0.242. The number of rotatable bonds is 5. The quantitative estimate of drug-likeness (QED) is 0.276. The van der Waals surface area contributed by atoms with Crippen LogP contribution in [0.3, 0.4) is 0 Å². The fraction of sp³-hybridized carbons (Fsp3) is 0.818. The summed E-state index contributed by atoms with van der Waals surface area (Å²) in [5.74, 6) is 0.216. The van der Waals surface area contributed by atoms with Gasteiger partial charge in [-0.1, -0.05) is 12.1 Å². The van der Waals surface area contributed by atoms with Crippen LogP contribution < -0.4 is 11.1 Å². The lowest BCUT2D eigenvalue weighted by molar-refractivity contribution is -0.131. The van der Waals surface area contributed by atoms with Crippen LogP contribution in [0.5, 0.6) is 0 Å². The fourth-order valence-electron chi connectivity index (χ4n) is 1.99. The third-order valence-corrected chi connectivity index (χ3v) is 3.09. The number of amides is 1. The predicted octanol–water partition coefficient (Wildman–Crippen LogP) is 0.114. The molecule has 0 aromatic rings. The highest BCUT2D eigenvalue weighted by atomic mass is 16.4. The largest absolute Gasteiger partial charge is 0.409 e. The number of nitrogens with zero attached hydrogens (tertiary/aromatic N) is 2. The van der Waals surface area contributed by atoms with Crippen molar-refractivity contribution in [2.24, 2.45) is 10.9 Å². The van der Waals surface area contributed by atoms with Crippen LogP contribution in [-0.2, 0) is 4.79 Å². The summed E-state index contributed by atoms with van der Waals surface area (Å²) in [6.07, 6.45) is 4.06. The Labute approximate surface area is 102 Å². The first kappa shape index (κ1) is 13.8. The molecule has 6 nitrogen and oxygen atoms in total. The molecule has 1 rings (SSSR count). The molecule has 0 spiro atoms. The summed E-state index contributed by atoms with van der Waals surface area (Å²) in [5.41, 5.74) is 5.51. The zero-order valence-electron chi connectivity index (χ0n) is 10.4. The molecule has 0 aliphatic carbocycles. The molecule has 98 valence electrons. The Morgan fingerprint density at radius 2 is 2.12 bits per heavy atom. The molecule has 1 atom stereocenters. The Hall–Kier alpha value is -1.30. The Morgan fingerprint density at radius 1 is 1.47 bits per heavy atom. The lowest BCUT2D eigenvalue weighted by Gasteiger charge is -2.27. The standard InChI is InChI=1S/C11H22N4O2/c1-2-9(11(12)14-17)13-8-10(16)15-6-4-3-5-7-15/h9,13,17H,2-8H2,1H3,(H2,12,14). The van der Waals surface area contributed by atoms with E-state index in [0.29, 0.717) is 6.42 Å². The summed E-state index contributed by atoms with van der Waals surface area (Å²) >= 11 is 0. The zero-order chi connectivity index (χ0) is 12.7. The summed E-state index contributed by atoms with van der Waals surface area (Å²) in [5, 5.41) is 14.5. The number of oxime groups is 1. The van der Waals surface area contributed by atoms with Gasteiger partial charge in [-0.2, -0.15) is 0 Å². The Morgan fingerprint density at radius 3 is 2.65 bits per heavy atom. The monoisotopic (exact) mass is 242 g/mol. The molecule has 1 fully saturated rings. The van der Waals surface area contributed by atoms with E-state index in [1.54, 1.807) is 0 Å². The Kier molecular flexibility index (Phi) is 5.76. The average Bonchev–Trinajstić information content (AvgIpc) is 2.39. The summed E-state index contributed by atoms with van der Waals surface area (Å²) in [7, 11) is 0. The van der Waals surface area contributed by atoms with Crippen molar-refractivity contribution < 1.29 is 10.0 Å². The highest BCUT2D eigenvalue weighted by molar-refractivity contribution is 5.86. The van der Waals surface area contributed by atoms with Gasteiger partial charge in [-0.25, -0.2) is 0 Å². The van der Waals surface area contributed by atoms with Crippen LogP contribution in [0.4, 0.5) is 0 Å². The van der Waals surface area contributed by atoms with Gasteiger partial charge in [0.15, 0.2) is 5.84 Å². The van der Waals surface area contributed by atoms with E-state index in [9.17, 15) is 4.79 Å². The van der Waals surface area contributed by atoms with Crippen molar-refractivity contribution in [3.8, 4) is 0 Å². The minimum absolute atomic E-state index is 0.0916. The van der Waals surface area contributed by atoms with E-state index in [-0.39, 0.29) is 24.3 Å². The number of carbonyl (C=O) groups excluding carboxylic acids is 1. The van der Waals surface area contributed by atoms with Crippen molar-refractivity contribution in [1.29, 1.82) is 0 Å². The smallest absolute Gasteiger partial charge is 0.236 e. The van der Waals surface area contributed by atoms with Gasteiger partial charge < -0.3 is 15.8 Å². The van der Waals surface area contributed by atoms with Crippen molar-refractivity contribution in [3.63, 3.8) is 0 Å². The number of likely N-dealkylation sites (tertiary alicyclic amines) is 1. The zero-order valence-corrected chi connectivity index (χ0v) is 10.4. The second-order valence-corrected chi connectivity index (χ2v) is 4.31. The first-order valence-corrected chi connectivity index (χ1v) is 6.17. The van der Waals surface area contributed by atoms with Crippen molar-refractivity contribution >= 4 is 11.7 Å². The number of nitrogens with one attached hydrogen (secondary N) is 1. The number of piperidine rings is 1. The Bertz CT molecular complexity index is 275. The molecule has 1 aliphatic rings. The molecule has 0 bridgehead atoms. The number of carbonyl (C=O) groups is 1. The third kappa shape index (κ3) is 4.22. The van der Waals surface area contributed by atoms with Crippen molar-refractivity contribution in [3.05, 3.63) is 0 Å². The van der Waals surface area contributed by atoms with Crippen LogP contribution in [0, 0.1) is 0 Å². The number of amidine groups is 1. The average molecular weight is 242 g/mol. The van der Waals surface area contributed by atoms with E-state index in [0.717, 1.165) is 25.9 Å². The summed E-state index contributed by atoms with van der Waals surface area (Å²) in [6, 6.07) is -0.242. The van der Waals surface area contributed by atoms with E-state index in [1.165, 1.54) is 6.42 Å². The molecule has 0 aromatic carbocycles. The predicted molar refractivity (Wildman–Crippen MR) is 65.9 cm³/mol. The highest BCUT2D eigenvalue weighted by Crippen LogP contribution is 2.08. The van der Waals surface area contributed by atoms with Crippen LogP contribution in [0.2, 0.25) is 0 Å². The molecule has 17 heavy (non-hydrogen) atoms.